The van der Waals surface area contributed by atoms with E-state index in [1.807, 2.05) is 18.2 Å². The highest BCUT2D eigenvalue weighted by molar-refractivity contribution is 7.99. The van der Waals surface area contributed by atoms with Crippen LogP contribution in [0.25, 0.3) is 0 Å². The minimum absolute atomic E-state index is 0.688. The highest BCUT2D eigenvalue weighted by atomic mass is 35.5. The zero-order chi connectivity index (χ0) is 9.26. The molecule has 1 aliphatic rings. The van der Waals surface area contributed by atoms with Gasteiger partial charge in [0.05, 0.1) is 5.69 Å². The molecule has 0 amide bonds. The number of rotatable bonds is 0. The van der Waals surface area contributed by atoms with Crippen LogP contribution in [0.2, 0.25) is 5.02 Å². The third kappa shape index (κ3) is 1.98. The number of amidine groups is 1. The van der Waals surface area contributed by atoms with E-state index in [0.717, 1.165) is 22.8 Å². The van der Waals surface area contributed by atoms with Crippen LogP contribution >= 0.6 is 23.4 Å². The van der Waals surface area contributed by atoms with E-state index in [0.29, 0.717) is 10.9 Å². The first-order valence-corrected chi connectivity index (χ1v) is 5.37. The van der Waals surface area contributed by atoms with Gasteiger partial charge in [0.2, 0.25) is 0 Å². The van der Waals surface area contributed by atoms with Crippen LogP contribution in [0.4, 0.5) is 5.69 Å². The van der Waals surface area contributed by atoms with Gasteiger partial charge in [0.25, 0.3) is 0 Å². The smallest absolute Gasteiger partial charge is 0.100 e. The van der Waals surface area contributed by atoms with Gasteiger partial charge in [0, 0.05) is 22.1 Å². The van der Waals surface area contributed by atoms with Crippen LogP contribution in [0, 0.1) is 0 Å². The predicted molar refractivity (Wildman–Crippen MR) is 58.1 cm³/mol. The monoisotopic (exact) mass is 212 g/mol. The molecule has 0 spiro atoms. The Morgan fingerprint density at radius 2 is 2.31 bits per heavy atom. The number of nitrogens with two attached hydrogens (primary N) is 1. The fourth-order valence-electron chi connectivity index (χ4n) is 1.18. The van der Waals surface area contributed by atoms with E-state index in [-0.39, 0.29) is 0 Å². The van der Waals surface area contributed by atoms with Crippen LogP contribution in [0.1, 0.15) is 6.42 Å². The molecule has 0 aromatic heterocycles. The molecule has 2 rings (SSSR count). The summed E-state index contributed by atoms with van der Waals surface area (Å²) < 4.78 is 0. The van der Waals surface area contributed by atoms with Crippen molar-refractivity contribution in [3.8, 4) is 0 Å². The molecule has 68 valence electrons. The van der Waals surface area contributed by atoms with E-state index >= 15 is 0 Å². The van der Waals surface area contributed by atoms with Gasteiger partial charge in [-0.3, -0.25) is 0 Å². The summed E-state index contributed by atoms with van der Waals surface area (Å²) in [5.41, 5.74) is 6.59. The Labute approximate surface area is 86.2 Å². The van der Waals surface area contributed by atoms with Crippen molar-refractivity contribution in [2.75, 3.05) is 5.75 Å². The van der Waals surface area contributed by atoms with Crippen molar-refractivity contribution in [3.05, 3.63) is 23.2 Å². The highest BCUT2D eigenvalue weighted by Gasteiger charge is 2.08. The molecule has 1 heterocycles. The standard InChI is InChI=1S/C9H9ClN2S/c10-6-1-2-8-7(5-6)12-9(11)3-4-13-8/h1-2,5H,3-4H2,(H2,11,12). The summed E-state index contributed by atoms with van der Waals surface area (Å²) in [5, 5.41) is 0.706. The molecular weight excluding hydrogens is 204 g/mol. The maximum absolute atomic E-state index is 5.86. The number of thioether (sulfide) groups is 1. The molecule has 0 saturated carbocycles. The summed E-state index contributed by atoms with van der Waals surface area (Å²) in [4.78, 5) is 5.45. The molecule has 0 atom stereocenters. The van der Waals surface area contributed by atoms with Gasteiger partial charge in [-0.1, -0.05) is 11.6 Å². The maximum atomic E-state index is 5.86. The van der Waals surface area contributed by atoms with Crippen molar-refractivity contribution in [1.29, 1.82) is 0 Å². The van der Waals surface area contributed by atoms with Gasteiger partial charge in [-0.15, -0.1) is 11.8 Å². The summed E-state index contributed by atoms with van der Waals surface area (Å²) in [6.45, 7) is 0. The molecule has 0 unspecified atom stereocenters. The summed E-state index contributed by atoms with van der Waals surface area (Å²) in [5.74, 6) is 1.68. The van der Waals surface area contributed by atoms with Gasteiger partial charge >= 0.3 is 0 Å². The lowest BCUT2D eigenvalue weighted by atomic mass is 10.3. The molecule has 1 aromatic rings. The number of hydrogen-bond donors (Lipinski definition) is 1. The molecule has 0 aliphatic carbocycles. The zero-order valence-corrected chi connectivity index (χ0v) is 8.53. The van der Waals surface area contributed by atoms with E-state index in [1.165, 1.54) is 0 Å². The van der Waals surface area contributed by atoms with Crippen molar-refractivity contribution >= 4 is 34.9 Å². The van der Waals surface area contributed by atoms with Crippen molar-refractivity contribution in [3.63, 3.8) is 0 Å². The molecule has 2 nitrogen and oxygen atoms in total. The largest absolute Gasteiger partial charge is 0.387 e. The van der Waals surface area contributed by atoms with Gasteiger partial charge in [0.15, 0.2) is 0 Å². The number of benzene rings is 1. The summed E-state index contributed by atoms with van der Waals surface area (Å²) in [7, 11) is 0. The molecule has 0 radical (unpaired) electrons. The van der Waals surface area contributed by atoms with E-state index in [9.17, 15) is 0 Å². The van der Waals surface area contributed by atoms with Crippen molar-refractivity contribution in [2.24, 2.45) is 10.7 Å². The van der Waals surface area contributed by atoms with Crippen LogP contribution in [0.3, 0.4) is 0 Å². The van der Waals surface area contributed by atoms with Gasteiger partial charge < -0.3 is 5.73 Å². The number of aliphatic imine (C=N–C) groups is 1. The Kier molecular flexibility index (Phi) is 2.47. The quantitative estimate of drug-likeness (QED) is 0.718. The van der Waals surface area contributed by atoms with E-state index in [1.54, 1.807) is 11.8 Å². The molecule has 1 aromatic carbocycles. The molecule has 2 N–H and O–H groups in total. The lowest BCUT2D eigenvalue weighted by molar-refractivity contribution is 1.26. The molecule has 0 bridgehead atoms. The fraction of sp³-hybridized carbons (Fsp3) is 0.222. The molecule has 0 saturated heterocycles. The number of nitrogens with zero attached hydrogens (tertiary/aromatic N) is 1. The van der Waals surface area contributed by atoms with E-state index in [4.69, 9.17) is 17.3 Å². The second-order valence-electron chi connectivity index (χ2n) is 2.81. The lowest BCUT2D eigenvalue weighted by Gasteiger charge is -2.01. The van der Waals surface area contributed by atoms with Crippen LogP contribution < -0.4 is 5.73 Å². The molecule has 13 heavy (non-hydrogen) atoms. The van der Waals surface area contributed by atoms with Crippen LogP contribution in [-0.4, -0.2) is 11.6 Å². The van der Waals surface area contributed by atoms with Gasteiger partial charge in [-0.2, -0.15) is 0 Å². The van der Waals surface area contributed by atoms with Gasteiger partial charge in [0.1, 0.15) is 5.84 Å². The Hall–Kier alpha value is -0.670. The first kappa shape index (κ1) is 8.91. The second-order valence-corrected chi connectivity index (χ2v) is 4.39. The average Bonchev–Trinajstić information content (AvgIpc) is 2.25. The van der Waals surface area contributed by atoms with Crippen molar-refractivity contribution in [2.45, 2.75) is 11.3 Å². The summed E-state index contributed by atoms with van der Waals surface area (Å²) in [6, 6.07) is 5.72. The van der Waals surface area contributed by atoms with Crippen molar-refractivity contribution in [1.82, 2.24) is 0 Å². The Balaban J connectivity index is 2.49. The van der Waals surface area contributed by atoms with Crippen LogP contribution in [-0.2, 0) is 0 Å². The lowest BCUT2D eigenvalue weighted by Crippen LogP contribution is -2.10. The van der Waals surface area contributed by atoms with E-state index < -0.39 is 0 Å². The normalized spacial score (nSPS) is 15.9. The Bertz CT molecular complexity index is 363. The average molecular weight is 213 g/mol. The van der Waals surface area contributed by atoms with Gasteiger partial charge in [-0.05, 0) is 18.2 Å². The number of hydrogen-bond acceptors (Lipinski definition) is 3. The maximum Gasteiger partial charge on any atom is 0.100 e. The second kappa shape index (κ2) is 3.60. The topological polar surface area (TPSA) is 38.4 Å². The summed E-state index contributed by atoms with van der Waals surface area (Å²) >= 11 is 7.63. The SMILES string of the molecule is NC1=Nc2cc(Cl)ccc2SCC1. The molecule has 0 fully saturated rings. The van der Waals surface area contributed by atoms with Crippen molar-refractivity contribution < 1.29 is 0 Å². The minimum atomic E-state index is 0.688. The van der Waals surface area contributed by atoms with Crippen LogP contribution in [0.15, 0.2) is 28.1 Å². The fourth-order valence-corrected chi connectivity index (χ4v) is 2.29. The first-order chi connectivity index (χ1) is 6.25. The highest BCUT2D eigenvalue weighted by Crippen LogP contribution is 2.34. The first-order valence-electron chi connectivity index (χ1n) is 4.01. The minimum Gasteiger partial charge on any atom is -0.387 e. The van der Waals surface area contributed by atoms with E-state index in [2.05, 4.69) is 4.99 Å². The molecule has 1 aliphatic heterocycles. The third-order valence-electron chi connectivity index (χ3n) is 1.80. The molecular formula is C9H9ClN2S. The van der Waals surface area contributed by atoms with Gasteiger partial charge in [-0.25, -0.2) is 4.99 Å². The van der Waals surface area contributed by atoms with Crippen LogP contribution in [0.5, 0.6) is 0 Å². The number of halogens is 1. The zero-order valence-electron chi connectivity index (χ0n) is 6.96. The Morgan fingerprint density at radius 1 is 1.46 bits per heavy atom. The Morgan fingerprint density at radius 3 is 3.15 bits per heavy atom. The summed E-state index contributed by atoms with van der Waals surface area (Å²) in [6.07, 6.45) is 0.844. The number of fused-ring (bicyclic) bond motifs is 1. The molecule has 4 heteroatoms. The third-order valence-corrected chi connectivity index (χ3v) is 3.10. The predicted octanol–water partition coefficient (Wildman–Crippen LogP) is 2.82.